The van der Waals surface area contributed by atoms with E-state index in [1.54, 1.807) is 0 Å². The molecule has 1 aliphatic rings. The Morgan fingerprint density at radius 2 is 1.56 bits per heavy atom. The fourth-order valence-electron chi connectivity index (χ4n) is 3.52. The Balaban J connectivity index is 2.24. The molecule has 0 spiro atoms. The Morgan fingerprint density at radius 3 is 2.20 bits per heavy atom. The third kappa shape index (κ3) is 3.18. The SMILES string of the molecule is O=S(=O)(c1ccc(Cl)c(Cl)c1)C1(c2cc(F)ccc2F)CCCCC1. The Labute approximate surface area is 155 Å². The average Bonchev–Trinajstić information content (AvgIpc) is 2.59. The lowest BCUT2D eigenvalue weighted by atomic mass is 9.82. The van der Waals surface area contributed by atoms with Gasteiger partial charge < -0.3 is 0 Å². The predicted molar refractivity (Wildman–Crippen MR) is 94.8 cm³/mol. The highest BCUT2D eigenvalue weighted by Crippen LogP contribution is 2.48. The first kappa shape index (κ1) is 18.6. The number of benzene rings is 2. The zero-order valence-corrected chi connectivity index (χ0v) is 15.6. The molecule has 1 aliphatic carbocycles. The van der Waals surface area contributed by atoms with Gasteiger partial charge in [0.05, 0.1) is 14.9 Å². The predicted octanol–water partition coefficient (Wildman–Crippen LogP) is 5.90. The molecule has 1 fully saturated rings. The highest BCUT2D eigenvalue weighted by molar-refractivity contribution is 7.92. The van der Waals surface area contributed by atoms with Gasteiger partial charge in [0.1, 0.15) is 16.4 Å². The molecule has 1 saturated carbocycles. The normalized spacial score (nSPS) is 17.4. The van der Waals surface area contributed by atoms with Crippen molar-refractivity contribution in [1.29, 1.82) is 0 Å². The fourth-order valence-corrected chi connectivity index (χ4v) is 6.13. The van der Waals surface area contributed by atoms with Gasteiger partial charge in [0.15, 0.2) is 9.84 Å². The smallest absolute Gasteiger partial charge is 0.188 e. The maximum atomic E-state index is 14.5. The van der Waals surface area contributed by atoms with Crippen LogP contribution in [0.15, 0.2) is 41.3 Å². The summed E-state index contributed by atoms with van der Waals surface area (Å²) in [4.78, 5) is -0.0348. The van der Waals surface area contributed by atoms with E-state index in [2.05, 4.69) is 0 Å². The van der Waals surface area contributed by atoms with Crippen LogP contribution >= 0.6 is 23.2 Å². The van der Waals surface area contributed by atoms with Gasteiger partial charge in [0.25, 0.3) is 0 Å². The summed E-state index contributed by atoms with van der Waals surface area (Å²) in [6, 6.07) is 6.99. The van der Waals surface area contributed by atoms with E-state index in [4.69, 9.17) is 23.2 Å². The highest BCUT2D eigenvalue weighted by Gasteiger charge is 2.48. The molecule has 0 amide bonds. The lowest BCUT2D eigenvalue weighted by molar-refractivity contribution is 0.367. The van der Waals surface area contributed by atoms with Gasteiger partial charge in [-0.05, 0) is 49.2 Å². The minimum Gasteiger partial charge on any atom is -0.223 e. The van der Waals surface area contributed by atoms with Crippen LogP contribution in [0.25, 0.3) is 0 Å². The summed E-state index contributed by atoms with van der Waals surface area (Å²) in [7, 11) is -4.00. The van der Waals surface area contributed by atoms with E-state index in [0.29, 0.717) is 12.8 Å². The van der Waals surface area contributed by atoms with Crippen LogP contribution in [0.3, 0.4) is 0 Å². The zero-order valence-electron chi connectivity index (χ0n) is 13.2. The van der Waals surface area contributed by atoms with E-state index in [1.165, 1.54) is 18.2 Å². The van der Waals surface area contributed by atoms with Gasteiger partial charge in [-0.25, -0.2) is 17.2 Å². The summed E-state index contributed by atoms with van der Waals surface area (Å²) in [5, 5.41) is 0.337. The van der Waals surface area contributed by atoms with Crippen LogP contribution in [0.5, 0.6) is 0 Å². The van der Waals surface area contributed by atoms with Crippen LogP contribution < -0.4 is 0 Å². The van der Waals surface area contributed by atoms with E-state index in [0.717, 1.165) is 24.6 Å². The van der Waals surface area contributed by atoms with E-state index < -0.39 is 26.2 Å². The molecular weight excluding hydrogens is 389 g/mol. The van der Waals surface area contributed by atoms with Gasteiger partial charge in [0, 0.05) is 5.56 Å². The molecule has 3 rings (SSSR count). The van der Waals surface area contributed by atoms with Crippen molar-refractivity contribution in [2.45, 2.75) is 41.7 Å². The van der Waals surface area contributed by atoms with Crippen molar-refractivity contribution < 1.29 is 17.2 Å². The lowest BCUT2D eigenvalue weighted by Gasteiger charge is -2.37. The summed E-state index contributed by atoms with van der Waals surface area (Å²) in [5.74, 6) is -1.38. The largest absolute Gasteiger partial charge is 0.223 e. The number of halogens is 4. The zero-order chi connectivity index (χ0) is 18.2. The van der Waals surface area contributed by atoms with Crippen LogP contribution in [0.1, 0.15) is 37.7 Å². The van der Waals surface area contributed by atoms with E-state index in [-0.39, 0.29) is 33.3 Å². The third-order valence-electron chi connectivity index (χ3n) is 4.80. The first-order valence-electron chi connectivity index (χ1n) is 7.93. The molecule has 2 aromatic rings. The summed E-state index contributed by atoms with van der Waals surface area (Å²) in [5.41, 5.74) is -0.113. The number of rotatable bonds is 3. The van der Waals surface area contributed by atoms with Crippen molar-refractivity contribution in [3.63, 3.8) is 0 Å². The van der Waals surface area contributed by atoms with Crippen molar-refractivity contribution in [3.8, 4) is 0 Å². The Kier molecular flexibility index (Phi) is 5.11. The van der Waals surface area contributed by atoms with Gasteiger partial charge in [-0.15, -0.1) is 0 Å². The van der Waals surface area contributed by atoms with E-state index in [1.807, 2.05) is 0 Å². The lowest BCUT2D eigenvalue weighted by Crippen LogP contribution is -2.39. The van der Waals surface area contributed by atoms with Gasteiger partial charge in [-0.1, -0.05) is 42.5 Å². The number of hydrogen-bond acceptors (Lipinski definition) is 2. The minimum atomic E-state index is -4.00. The topological polar surface area (TPSA) is 34.1 Å². The first-order valence-corrected chi connectivity index (χ1v) is 10.2. The van der Waals surface area contributed by atoms with Gasteiger partial charge in [0.2, 0.25) is 0 Å². The molecule has 0 unspecified atom stereocenters. The molecule has 134 valence electrons. The van der Waals surface area contributed by atoms with E-state index in [9.17, 15) is 17.2 Å². The van der Waals surface area contributed by atoms with Crippen molar-refractivity contribution in [2.75, 3.05) is 0 Å². The molecule has 0 N–H and O–H groups in total. The van der Waals surface area contributed by atoms with E-state index >= 15 is 0 Å². The molecule has 0 saturated heterocycles. The monoisotopic (exact) mass is 404 g/mol. The van der Waals surface area contributed by atoms with Crippen LogP contribution in [0.4, 0.5) is 8.78 Å². The minimum absolute atomic E-state index is 0.0348. The summed E-state index contributed by atoms with van der Waals surface area (Å²) in [6.07, 6.45) is 2.56. The van der Waals surface area contributed by atoms with Gasteiger partial charge in [-0.2, -0.15) is 0 Å². The van der Waals surface area contributed by atoms with Gasteiger partial charge in [-0.3, -0.25) is 0 Å². The van der Waals surface area contributed by atoms with Crippen LogP contribution in [0.2, 0.25) is 10.0 Å². The fraction of sp³-hybridized carbons (Fsp3) is 0.333. The maximum Gasteiger partial charge on any atom is 0.188 e. The van der Waals surface area contributed by atoms with Crippen LogP contribution in [-0.4, -0.2) is 8.42 Å². The Hall–Kier alpha value is -1.17. The molecule has 0 aliphatic heterocycles. The molecule has 0 aromatic heterocycles. The first-order chi connectivity index (χ1) is 11.8. The third-order valence-corrected chi connectivity index (χ3v) is 8.07. The van der Waals surface area contributed by atoms with Crippen molar-refractivity contribution in [2.24, 2.45) is 0 Å². The second-order valence-corrected chi connectivity index (χ2v) is 9.33. The molecular formula is C18H16Cl2F2O2S. The second-order valence-electron chi connectivity index (χ2n) is 6.26. The highest BCUT2D eigenvalue weighted by atomic mass is 35.5. The average molecular weight is 405 g/mol. The molecule has 2 aromatic carbocycles. The maximum absolute atomic E-state index is 14.5. The van der Waals surface area contributed by atoms with Crippen LogP contribution in [0, 0.1) is 11.6 Å². The number of hydrogen-bond donors (Lipinski definition) is 0. The molecule has 0 radical (unpaired) electrons. The van der Waals surface area contributed by atoms with Crippen molar-refractivity contribution in [3.05, 3.63) is 63.6 Å². The molecule has 0 atom stereocenters. The van der Waals surface area contributed by atoms with Gasteiger partial charge >= 0.3 is 0 Å². The standard InChI is InChI=1S/C18H16Cl2F2O2S/c19-15-6-5-13(11-16(15)20)25(23,24)18(8-2-1-3-9-18)14-10-12(21)4-7-17(14)22/h4-7,10-11H,1-3,8-9H2. The summed E-state index contributed by atoms with van der Waals surface area (Å²) >= 11 is 11.9. The quantitative estimate of drug-likeness (QED) is 0.637. The van der Waals surface area contributed by atoms with Crippen LogP contribution in [-0.2, 0) is 14.6 Å². The second kappa shape index (κ2) is 6.86. The van der Waals surface area contributed by atoms with Crippen molar-refractivity contribution >= 4 is 33.0 Å². The number of sulfone groups is 1. The summed E-state index contributed by atoms with van der Waals surface area (Å²) in [6.45, 7) is 0. The Bertz CT molecular complexity index is 907. The molecule has 0 bridgehead atoms. The molecule has 25 heavy (non-hydrogen) atoms. The molecule has 7 heteroatoms. The van der Waals surface area contributed by atoms with Crippen molar-refractivity contribution in [1.82, 2.24) is 0 Å². The summed E-state index contributed by atoms with van der Waals surface area (Å²) < 4.78 is 53.7. The Morgan fingerprint density at radius 1 is 0.880 bits per heavy atom. The molecule has 0 heterocycles. The molecule has 2 nitrogen and oxygen atoms in total.